The van der Waals surface area contributed by atoms with E-state index in [0.717, 1.165) is 13.1 Å². The molecule has 0 aromatic rings. The van der Waals surface area contributed by atoms with E-state index in [1.54, 1.807) is 13.8 Å². The van der Waals surface area contributed by atoms with Gasteiger partial charge in [0.25, 0.3) is 0 Å². The molecule has 1 rings (SSSR count). The van der Waals surface area contributed by atoms with Crippen molar-refractivity contribution >= 4 is 11.8 Å². The smallest absolute Gasteiger partial charge is 0.225 e. The van der Waals surface area contributed by atoms with Crippen molar-refractivity contribution in [2.75, 3.05) is 20.1 Å². The lowest BCUT2D eigenvalue weighted by Crippen LogP contribution is -2.54. The molecule has 6 nitrogen and oxygen atoms in total. The minimum Gasteiger partial charge on any atom is -0.369 e. The van der Waals surface area contributed by atoms with Gasteiger partial charge in [0.2, 0.25) is 11.8 Å². The van der Waals surface area contributed by atoms with Gasteiger partial charge in [-0.3, -0.25) is 9.59 Å². The fourth-order valence-electron chi connectivity index (χ4n) is 2.00. The Morgan fingerprint density at radius 2 is 2.00 bits per heavy atom. The molecular formula is C14H23N4O2. The zero-order chi connectivity index (χ0) is 15.4. The number of piperidine rings is 1. The third-order valence-electron chi connectivity index (χ3n) is 3.88. The monoisotopic (exact) mass is 279 g/mol. The molecule has 0 aliphatic carbocycles. The molecule has 20 heavy (non-hydrogen) atoms. The summed E-state index contributed by atoms with van der Waals surface area (Å²) in [5, 5.41) is 12.1. The molecular weight excluding hydrogens is 256 g/mol. The van der Waals surface area contributed by atoms with Crippen LogP contribution in [0.25, 0.3) is 0 Å². The molecule has 111 valence electrons. The van der Waals surface area contributed by atoms with E-state index < -0.39 is 16.9 Å². The summed E-state index contributed by atoms with van der Waals surface area (Å²) < 4.78 is 0. The molecule has 1 saturated heterocycles. The van der Waals surface area contributed by atoms with Gasteiger partial charge < -0.3 is 16.0 Å². The number of nitrogens with one attached hydrogen (secondary N) is 1. The molecule has 6 heteroatoms. The molecule has 1 fully saturated rings. The molecule has 0 aromatic carbocycles. The lowest BCUT2D eigenvalue weighted by Gasteiger charge is -2.36. The first kappa shape index (κ1) is 16.4. The van der Waals surface area contributed by atoms with Crippen LogP contribution < -0.4 is 11.1 Å². The van der Waals surface area contributed by atoms with Gasteiger partial charge in [0, 0.05) is 18.5 Å². The minimum absolute atomic E-state index is 0.260. The number of likely N-dealkylation sites (tertiary alicyclic amines) is 1. The summed E-state index contributed by atoms with van der Waals surface area (Å²) in [7, 11) is 1.99. The third-order valence-corrected chi connectivity index (χ3v) is 3.88. The first-order chi connectivity index (χ1) is 9.21. The fraction of sp³-hybridized carbons (Fsp3) is 0.714. The van der Waals surface area contributed by atoms with E-state index in [0.29, 0.717) is 12.8 Å². The Kier molecular flexibility index (Phi) is 5.12. The predicted molar refractivity (Wildman–Crippen MR) is 75.1 cm³/mol. The second-order valence-electron chi connectivity index (χ2n) is 6.14. The van der Waals surface area contributed by atoms with E-state index in [9.17, 15) is 14.9 Å². The number of hydrogen-bond donors (Lipinski definition) is 2. The summed E-state index contributed by atoms with van der Waals surface area (Å²) in [5.41, 5.74) is 3.70. The van der Waals surface area contributed by atoms with Crippen LogP contribution in [0.1, 0.15) is 33.1 Å². The van der Waals surface area contributed by atoms with E-state index in [-0.39, 0.29) is 12.3 Å². The van der Waals surface area contributed by atoms with Crippen LogP contribution >= 0.6 is 0 Å². The first-order valence-corrected chi connectivity index (χ1v) is 6.76. The van der Waals surface area contributed by atoms with E-state index in [1.165, 1.54) is 6.42 Å². The molecule has 1 aliphatic rings. The number of hydrogen-bond acceptors (Lipinski definition) is 4. The molecule has 0 spiro atoms. The highest BCUT2D eigenvalue weighted by atomic mass is 16.2. The molecule has 1 heterocycles. The number of amides is 2. The Hall–Kier alpha value is -1.61. The zero-order valence-corrected chi connectivity index (χ0v) is 12.4. The Bertz CT molecular complexity index is 417. The summed E-state index contributed by atoms with van der Waals surface area (Å²) in [6.07, 6.45) is 2.88. The number of nitrogens with zero attached hydrogens (tertiary/aromatic N) is 2. The maximum absolute atomic E-state index is 11.9. The van der Waals surface area contributed by atoms with E-state index >= 15 is 0 Å². The maximum atomic E-state index is 11.9. The van der Waals surface area contributed by atoms with Crippen molar-refractivity contribution < 1.29 is 9.59 Å². The van der Waals surface area contributed by atoms with Gasteiger partial charge >= 0.3 is 0 Å². The average Bonchev–Trinajstić information content (AvgIpc) is 2.39. The molecule has 3 N–H and O–H groups in total. The molecule has 2 amide bonds. The van der Waals surface area contributed by atoms with Crippen LogP contribution in [-0.2, 0) is 9.59 Å². The number of carbonyl (C=O) groups is 2. The summed E-state index contributed by atoms with van der Waals surface area (Å²) >= 11 is 0. The molecule has 0 aromatic heterocycles. The number of nitriles is 1. The van der Waals surface area contributed by atoms with Crippen molar-refractivity contribution in [1.82, 2.24) is 10.2 Å². The van der Waals surface area contributed by atoms with Gasteiger partial charge in [-0.2, -0.15) is 5.26 Å². The topological polar surface area (TPSA) is 99.2 Å². The standard InChI is InChI=1S/C14H23N4O2/c1-13(2,12(16)20)5-4-11(19)17-14(10-15)6-8-18(3)9-7-14/h4H,5-9H2,1-3H3,(H2,16,20)(H,17,19). The van der Waals surface area contributed by atoms with Crippen molar-refractivity contribution in [3.63, 3.8) is 0 Å². The minimum atomic E-state index is -0.795. The molecule has 0 saturated carbocycles. The van der Waals surface area contributed by atoms with E-state index in [4.69, 9.17) is 5.73 Å². The Labute approximate surface area is 120 Å². The van der Waals surface area contributed by atoms with Crippen molar-refractivity contribution in [3.8, 4) is 6.07 Å². The van der Waals surface area contributed by atoms with Gasteiger partial charge in [-0.1, -0.05) is 13.8 Å². The van der Waals surface area contributed by atoms with Gasteiger partial charge in [0.15, 0.2) is 0 Å². The highest BCUT2D eigenvalue weighted by Crippen LogP contribution is 2.23. The first-order valence-electron chi connectivity index (χ1n) is 6.76. The molecule has 0 unspecified atom stereocenters. The van der Waals surface area contributed by atoms with Crippen molar-refractivity contribution in [2.45, 2.75) is 38.6 Å². The Balaban J connectivity index is 2.53. The summed E-state index contributed by atoms with van der Waals surface area (Å²) in [6.45, 7) is 4.94. The van der Waals surface area contributed by atoms with Gasteiger partial charge in [0.1, 0.15) is 5.54 Å². The summed E-state index contributed by atoms with van der Waals surface area (Å²) in [4.78, 5) is 25.3. The maximum Gasteiger partial charge on any atom is 0.225 e. The van der Waals surface area contributed by atoms with Gasteiger partial charge in [-0.15, -0.1) is 0 Å². The van der Waals surface area contributed by atoms with Crippen molar-refractivity contribution in [1.29, 1.82) is 5.26 Å². The average molecular weight is 279 g/mol. The second-order valence-corrected chi connectivity index (χ2v) is 6.14. The number of primary amides is 1. The summed E-state index contributed by atoms with van der Waals surface area (Å²) in [5.74, 6) is -0.763. The molecule has 0 bridgehead atoms. The molecule has 1 aliphatic heterocycles. The Morgan fingerprint density at radius 1 is 1.45 bits per heavy atom. The van der Waals surface area contributed by atoms with Crippen LogP contribution in [0.5, 0.6) is 0 Å². The largest absolute Gasteiger partial charge is 0.369 e. The zero-order valence-electron chi connectivity index (χ0n) is 12.4. The fourth-order valence-corrected chi connectivity index (χ4v) is 2.00. The number of rotatable bonds is 5. The third kappa shape index (κ3) is 4.20. The Morgan fingerprint density at radius 3 is 2.45 bits per heavy atom. The lowest BCUT2D eigenvalue weighted by molar-refractivity contribution is -0.126. The van der Waals surface area contributed by atoms with E-state index in [1.807, 2.05) is 7.05 Å². The molecule has 0 atom stereocenters. The van der Waals surface area contributed by atoms with Crippen LogP contribution in [0, 0.1) is 23.2 Å². The lowest BCUT2D eigenvalue weighted by atomic mass is 9.86. The van der Waals surface area contributed by atoms with Crippen LogP contribution in [0.15, 0.2) is 0 Å². The quantitative estimate of drug-likeness (QED) is 0.750. The van der Waals surface area contributed by atoms with Crippen molar-refractivity contribution in [2.24, 2.45) is 11.1 Å². The van der Waals surface area contributed by atoms with Crippen molar-refractivity contribution in [3.05, 3.63) is 6.42 Å². The highest BCUT2D eigenvalue weighted by molar-refractivity contribution is 5.87. The SMILES string of the molecule is CN1CCC(C#N)(NC(=O)[CH]CC(C)(C)C(N)=O)CC1. The van der Waals surface area contributed by atoms with Gasteiger partial charge in [-0.25, -0.2) is 0 Å². The molecule has 1 radical (unpaired) electrons. The van der Waals surface area contributed by atoms with Crippen LogP contribution in [-0.4, -0.2) is 42.4 Å². The highest BCUT2D eigenvalue weighted by Gasteiger charge is 2.35. The number of nitrogens with two attached hydrogens (primary N) is 1. The van der Waals surface area contributed by atoms with Gasteiger partial charge in [0.05, 0.1) is 12.5 Å². The van der Waals surface area contributed by atoms with Gasteiger partial charge in [-0.05, 0) is 26.3 Å². The van der Waals surface area contributed by atoms with Crippen LogP contribution in [0.3, 0.4) is 0 Å². The summed E-state index contributed by atoms with van der Waals surface area (Å²) in [6, 6.07) is 2.22. The number of carbonyl (C=O) groups excluding carboxylic acids is 2. The predicted octanol–water partition coefficient (Wildman–Crippen LogP) is 0.196. The van der Waals surface area contributed by atoms with Crippen LogP contribution in [0.2, 0.25) is 0 Å². The second kappa shape index (κ2) is 6.23. The van der Waals surface area contributed by atoms with E-state index in [2.05, 4.69) is 16.3 Å². The van der Waals surface area contributed by atoms with Crippen LogP contribution in [0.4, 0.5) is 0 Å². The normalized spacial score (nSPS) is 19.1.